The molecule has 0 spiro atoms. The maximum atomic E-state index is 9.23. The van der Waals surface area contributed by atoms with Crippen molar-refractivity contribution in [3.63, 3.8) is 0 Å². The molecule has 1 aromatic heterocycles. The minimum absolute atomic E-state index is 0.0458. The molecule has 0 saturated carbocycles. The van der Waals surface area contributed by atoms with Crippen molar-refractivity contribution in [3.8, 4) is 11.1 Å². The highest BCUT2D eigenvalue weighted by atomic mass is 16.3. The molecule has 124 valence electrons. The molecule has 3 N–H and O–H groups in total. The van der Waals surface area contributed by atoms with Gasteiger partial charge in [0.15, 0.2) is 0 Å². The average Bonchev–Trinajstić information content (AvgIpc) is 3.10. The van der Waals surface area contributed by atoms with E-state index in [9.17, 15) is 5.11 Å². The maximum absolute atomic E-state index is 9.23. The predicted octanol–water partition coefficient (Wildman–Crippen LogP) is 3.23. The zero-order chi connectivity index (χ0) is 16.9. The minimum Gasteiger partial charge on any atom is -0.396 e. The molecule has 0 aliphatic carbocycles. The Labute approximate surface area is 142 Å². The standard InChI is InChI=1S/C20H23N3O/c1-15(14-24)20(21)18-9-7-17(8-10-18)19-11-22-23(13-19)12-16-5-3-2-4-6-16/h2-11,13,15,20,24H,12,14,21H2,1H3. The number of nitrogens with two attached hydrogens (primary N) is 1. The molecule has 0 aliphatic heterocycles. The summed E-state index contributed by atoms with van der Waals surface area (Å²) in [6, 6.07) is 18.3. The lowest BCUT2D eigenvalue weighted by molar-refractivity contribution is 0.217. The van der Waals surface area contributed by atoms with E-state index in [1.165, 1.54) is 5.56 Å². The van der Waals surface area contributed by atoms with Crippen LogP contribution in [0.5, 0.6) is 0 Å². The van der Waals surface area contributed by atoms with Gasteiger partial charge in [-0.05, 0) is 22.6 Å². The molecule has 24 heavy (non-hydrogen) atoms. The summed E-state index contributed by atoms with van der Waals surface area (Å²) < 4.78 is 1.94. The Hall–Kier alpha value is -2.43. The first-order valence-corrected chi connectivity index (χ1v) is 8.20. The number of rotatable bonds is 6. The van der Waals surface area contributed by atoms with Crippen molar-refractivity contribution in [3.05, 3.63) is 78.1 Å². The van der Waals surface area contributed by atoms with Crippen LogP contribution in [0.1, 0.15) is 24.1 Å². The lowest BCUT2D eigenvalue weighted by atomic mass is 9.95. The SMILES string of the molecule is CC(CO)C(N)c1ccc(-c2cnn(Cc3ccccc3)c2)cc1. The molecule has 1 heterocycles. The van der Waals surface area contributed by atoms with Crippen LogP contribution in [0.4, 0.5) is 0 Å². The van der Waals surface area contributed by atoms with Gasteiger partial charge in [0.1, 0.15) is 0 Å². The number of aliphatic hydroxyl groups is 1. The van der Waals surface area contributed by atoms with Crippen molar-refractivity contribution in [2.24, 2.45) is 11.7 Å². The van der Waals surface area contributed by atoms with Crippen LogP contribution in [-0.2, 0) is 6.54 Å². The van der Waals surface area contributed by atoms with E-state index in [-0.39, 0.29) is 18.6 Å². The summed E-state index contributed by atoms with van der Waals surface area (Å²) in [7, 11) is 0. The number of nitrogens with zero attached hydrogens (tertiary/aromatic N) is 2. The molecule has 0 saturated heterocycles. The van der Waals surface area contributed by atoms with Crippen LogP contribution in [0.2, 0.25) is 0 Å². The first-order valence-electron chi connectivity index (χ1n) is 8.20. The van der Waals surface area contributed by atoms with Gasteiger partial charge in [-0.2, -0.15) is 5.10 Å². The monoisotopic (exact) mass is 321 g/mol. The van der Waals surface area contributed by atoms with E-state index in [4.69, 9.17) is 5.73 Å². The maximum Gasteiger partial charge on any atom is 0.0659 e. The molecule has 3 aromatic rings. The second-order valence-electron chi connectivity index (χ2n) is 6.22. The van der Waals surface area contributed by atoms with E-state index in [0.717, 1.165) is 23.2 Å². The second kappa shape index (κ2) is 7.43. The van der Waals surface area contributed by atoms with Gasteiger partial charge < -0.3 is 10.8 Å². The quantitative estimate of drug-likeness (QED) is 0.732. The number of aromatic nitrogens is 2. The molecule has 4 heteroatoms. The molecule has 0 bridgehead atoms. The Bertz CT molecular complexity index is 765. The fraction of sp³-hybridized carbons (Fsp3) is 0.250. The van der Waals surface area contributed by atoms with E-state index < -0.39 is 0 Å². The van der Waals surface area contributed by atoms with Crippen LogP contribution in [0, 0.1) is 5.92 Å². The molecule has 2 unspecified atom stereocenters. The van der Waals surface area contributed by atoms with E-state index in [0.29, 0.717) is 0 Å². The summed E-state index contributed by atoms with van der Waals surface area (Å²) in [4.78, 5) is 0. The summed E-state index contributed by atoms with van der Waals surface area (Å²) in [5, 5.41) is 13.7. The normalized spacial score (nSPS) is 13.6. The van der Waals surface area contributed by atoms with Crippen LogP contribution in [0.25, 0.3) is 11.1 Å². The van der Waals surface area contributed by atoms with Crippen LogP contribution in [0.3, 0.4) is 0 Å². The topological polar surface area (TPSA) is 64.1 Å². The Balaban J connectivity index is 1.73. The van der Waals surface area contributed by atoms with Crippen molar-refractivity contribution in [1.29, 1.82) is 0 Å². The van der Waals surface area contributed by atoms with Crippen LogP contribution >= 0.6 is 0 Å². The minimum atomic E-state index is -0.148. The molecule has 0 fully saturated rings. The highest BCUT2D eigenvalue weighted by molar-refractivity contribution is 5.62. The zero-order valence-electron chi connectivity index (χ0n) is 13.8. The summed E-state index contributed by atoms with van der Waals surface area (Å²) in [5.41, 5.74) is 10.6. The lowest BCUT2D eigenvalue weighted by Crippen LogP contribution is -2.21. The second-order valence-corrected chi connectivity index (χ2v) is 6.22. The first kappa shape index (κ1) is 16.4. The Kier molecular flexibility index (Phi) is 5.08. The largest absolute Gasteiger partial charge is 0.396 e. The van der Waals surface area contributed by atoms with Gasteiger partial charge in [0.2, 0.25) is 0 Å². The van der Waals surface area contributed by atoms with Gasteiger partial charge in [-0.3, -0.25) is 4.68 Å². The summed E-state index contributed by atoms with van der Waals surface area (Å²) in [6.07, 6.45) is 3.94. The van der Waals surface area contributed by atoms with Gasteiger partial charge in [0, 0.05) is 24.4 Å². The number of aliphatic hydroxyl groups excluding tert-OH is 1. The molecule has 4 nitrogen and oxygen atoms in total. The third-order valence-corrected chi connectivity index (χ3v) is 4.35. The zero-order valence-corrected chi connectivity index (χ0v) is 13.8. The first-order chi connectivity index (χ1) is 11.7. The van der Waals surface area contributed by atoms with Crippen molar-refractivity contribution < 1.29 is 5.11 Å². The molecule has 0 radical (unpaired) electrons. The van der Waals surface area contributed by atoms with Gasteiger partial charge >= 0.3 is 0 Å². The van der Waals surface area contributed by atoms with Crippen molar-refractivity contribution >= 4 is 0 Å². The van der Waals surface area contributed by atoms with E-state index in [1.54, 1.807) is 0 Å². The van der Waals surface area contributed by atoms with Crippen LogP contribution in [0.15, 0.2) is 67.0 Å². The Morgan fingerprint density at radius 1 is 1.04 bits per heavy atom. The fourth-order valence-corrected chi connectivity index (χ4v) is 2.71. The molecule has 0 aliphatic rings. The highest BCUT2D eigenvalue weighted by Crippen LogP contribution is 2.24. The van der Waals surface area contributed by atoms with Gasteiger partial charge in [-0.25, -0.2) is 0 Å². The fourth-order valence-electron chi connectivity index (χ4n) is 2.71. The molecule has 2 atom stereocenters. The van der Waals surface area contributed by atoms with Crippen molar-refractivity contribution in [2.45, 2.75) is 19.5 Å². The predicted molar refractivity (Wildman–Crippen MR) is 96.4 cm³/mol. The molecule has 0 amide bonds. The lowest BCUT2D eigenvalue weighted by Gasteiger charge is -2.18. The molecular weight excluding hydrogens is 298 g/mol. The molecule has 2 aromatic carbocycles. The third-order valence-electron chi connectivity index (χ3n) is 4.35. The average molecular weight is 321 g/mol. The highest BCUT2D eigenvalue weighted by Gasteiger charge is 2.14. The molecular formula is C20H23N3O. The smallest absolute Gasteiger partial charge is 0.0659 e. The van der Waals surface area contributed by atoms with Gasteiger partial charge in [-0.1, -0.05) is 61.5 Å². The van der Waals surface area contributed by atoms with Crippen molar-refractivity contribution in [1.82, 2.24) is 9.78 Å². The Morgan fingerprint density at radius 2 is 1.75 bits per heavy atom. The summed E-state index contributed by atoms with van der Waals surface area (Å²) in [6.45, 7) is 2.80. The third kappa shape index (κ3) is 3.72. The van der Waals surface area contributed by atoms with E-state index in [2.05, 4.69) is 35.6 Å². The van der Waals surface area contributed by atoms with E-state index in [1.807, 2.05) is 48.1 Å². The van der Waals surface area contributed by atoms with Gasteiger partial charge in [0.25, 0.3) is 0 Å². The van der Waals surface area contributed by atoms with Gasteiger partial charge in [0.05, 0.1) is 12.7 Å². The molecule has 3 rings (SSSR count). The summed E-state index contributed by atoms with van der Waals surface area (Å²) >= 11 is 0. The Morgan fingerprint density at radius 3 is 2.42 bits per heavy atom. The summed E-state index contributed by atoms with van der Waals surface area (Å²) in [5.74, 6) is 0.0458. The van der Waals surface area contributed by atoms with Gasteiger partial charge in [-0.15, -0.1) is 0 Å². The van der Waals surface area contributed by atoms with E-state index >= 15 is 0 Å². The van der Waals surface area contributed by atoms with Crippen molar-refractivity contribution in [2.75, 3.05) is 6.61 Å². The van der Waals surface area contributed by atoms with Crippen LogP contribution < -0.4 is 5.73 Å². The number of benzene rings is 2. The number of hydrogen-bond donors (Lipinski definition) is 2. The van der Waals surface area contributed by atoms with Crippen LogP contribution in [-0.4, -0.2) is 21.5 Å². The number of hydrogen-bond acceptors (Lipinski definition) is 3.